The van der Waals surface area contributed by atoms with E-state index >= 15 is 0 Å². The molecule has 2 aromatic rings. The fourth-order valence-electron chi connectivity index (χ4n) is 2.53. The molecule has 6 nitrogen and oxygen atoms in total. The summed E-state index contributed by atoms with van der Waals surface area (Å²) in [5.41, 5.74) is 0.857. The number of Topliss-reactive ketones (excluding diaryl/α,β-unsaturated/α-hetero) is 1. The number of anilines is 1. The summed E-state index contributed by atoms with van der Waals surface area (Å²) in [7, 11) is 0. The van der Waals surface area contributed by atoms with Gasteiger partial charge in [0, 0.05) is 29.3 Å². The molecule has 0 heterocycles. The average Bonchev–Trinajstić information content (AvgIpc) is 2.71. The monoisotopic (exact) mass is 414 g/mol. The molecule has 0 radical (unpaired) electrons. The van der Waals surface area contributed by atoms with Gasteiger partial charge >= 0.3 is 0 Å². The first-order valence-electron chi connectivity index (χ1n) is 9.51. The summed E-state index contributed by atoms with van der Waals surface area (Å²) in [5, 5.41) is 5.55. The van der Waals surface area contributed by atoms with Crippen LogP contribution < -0.4 is 15.4 Å². The maximum Gasteiger partial charge on any atom is 0.257 e. The van der Waals surface area contributed by atoms with Crippen molar-refractivity contribution in [2.45, 2.75) is 31.6 Å². The normalized spacial score (nSPS) is 10.3. The van der Waals surface area contributed by atoms with Crippen molar-refractivity contribution < 1.29 is 19.1 Å². The number of nitrogens with one attached hydrogen (secondary N) is 2. The molecule has 0 spiro atoms. The van der Waals surface area contributed by atoms with Gasteiger partial charge in [0.1, 0.15) is 5.75 Å². The highest BCUT2D eigenvalue weighted by atomic mass is 32.2. The van der Waals surface area contributed by atoms with Crippen molar-refractivity contribution in [1.82, 2.24) is 5.32 Å². The predicted molar refractivity (Wildman–Crippen MR) is 116 cm³/mol. The van der Waals surface area contributed by atoms with Crippen molar-refractivity contribution >= 4 is 35.0 Å². The van der Waals surface area contributed by atoms with E-state index in [4.69, 9.17) is 4.74 Å². The van der Waals surface area contributed by atoms with Crippen LogP contribution in [-0.2, 0) is 9.59 Å². The maximum absolute atomic E-state index is 12.0. The minimum Gasteiger partial charge on any atom is -0.483 e. The first-order chi connectivity index (χ1) is 14.0. The van der Waals surface area contributed by atoms with E-state index in [1.54, 1.807) is 30.0 Å². The third kappa shape index (κ3) is 7.99. The van der Waals surface area contributed by atoms with Crippen LogP contribution in [-0.4, -0.2) is 36.5 Å². The number of ketones is 1. The number of carbonyl (C=O) groups excluding carboxylic acids is 3. The lowest BCUT2D eigenvalue weighted by Crippen LogP contribution is -2.30. The molecule has 2 N–H and O–H groups in total. The molecule has 0 aliphatic heterocycles. The molecule has 0 aliphatic rings. The molecule has 2 amide bonds. The molecule has 0 fully saturated rings. The van der Waals surface area contributed by atoms with Gasteiger partial charge in [-0.15, -0.1) is 11.8 Å². The number of rotatable bonds is 11. The van der Waals surface area contributed by atoms with Crippen molar-refractivity contribution in [2.75, 3.05) is 24.2 Å². The van der Waals surface area contributed by atoms with Crippen LogP contribution in [0.1, 0.15) is 37.0 Å². The van der Waals surface area contributed by atoms with Crippen LogP contribution in [0.15, 0.2) is 53.4 Å². The molecular weight excluding hydrogens is 388 g/mol. The zero-order valence-corrected chi connectivity index (χ0v) is 17.5. The molecule has 0 saturated carbocycles. The third-order valence-corrected chi connectivity index (χ3v) is 4.93. The Labute approximate surface area is 175 Å². The Balaban J connectivity index is 1.82. The minimum absolute atomic E-state index is 0.108. The summed E-state index contributed by atoms with van der Waals surface area (Å²) in [4.78, 5) is 36.8. The highest BCUT2D eigenvalue weighted by Gasteiger charge is 2.12. The van der Waals surface area contributed by atoms with E-state index in [-0.39, 0.29) is 24.2 Å². The van der Waals surface area contributed by atoms with Crippen LogP contribution in [0.3, 0.4) is 0 Å². The lowest BCUT2D eigenvalue weighted by molar-refractivity contribution is -0.123. The van der Waals surface area contributed by atoms with Gasteiger partial charge in [-0.2, -0.15) is 0 Å². The molecule has 2 aromatic carbocycles. The summed E-state index contributed by atoms with van der Waals surface area (Å²) in [5.74, 6) is 0.503. The topological polar surface area (TPSA) is 84.5 Å². The molecular formula is C22H26N2O4S. The van der Waals surface area contributed by atoms with E-state index in [0.29, 0.717) is 30.0 Å². The number of thioether (sulfide) groups is 1. The summed E-state index contributed by atoms with van der Waals surface area (Å²) in [6, 6.07) is 14.8. The SMILES string of the molecule is CCCC(=O)Nc1ccc(OCC(=O)NCCSc2ccccc2)c(C(C)=O)c1. The fraction of sp³-hybridized carbons (Fsp3) is 0.318. The van der Waals surface area contributed by atoms with Crippen LogP contribution in [0.25, 0.3) is 0 Å². The Morgan fingerprint density at radius 1 is 1.03 bits per heavy atom. The van der Waals surface area contributed by atoms with Crippen molar-refractivity contribution in [2.24, 2.45) is 0 Å². The molecule has 0 saturated heterocycles. The molecule has 7 heteroatoms. The molecule has 0 atom stereocenters. The molecule has 2 rings (SSSR count). The van der Waals surface area contributed by atoms with Crippen LogP contribution in [0.2, 0.25) is 0 Å². The lowest BCUT2D eigenvalue weighted by Gasteiger charge is -2.12. The van der Waals surface area contributed by atoms with Gasteiger partial charge in [0.15, 0.2) is 12.4 Å². The second-order valence-electron chi connectivity index (χ2n) is 6.37. The Hall–Kier alpha value is -2.80. The number of carbonyl (C=O) groups is 3. The molecule has 0 unspecified atom stereocenters. The van der Waals surface area contributed by atoms with E-state index < -0.39 is 0 Å². The second-order valence-corrected chi connectivity index (χ2v) is 7.53. The quantitative estimate of drug-likeness (QED) is 0.331. The van der Waals surface area contributed by atoms with E-state index in [2.05, 4.69) is 10.6 Å². The molecule has 0 aromatic heterocycles. The Morgan fingerprint density at radius 2 is 1.79 bits per heavy atom. The fourth-order valence-corrected chi connectivity index (χ4v) is 3.32. The van der Waals surface area contributed by atoms with Crippen LogP contribution >= 0.6 is 11.8 Å². The molecule has 29 heavy (non-hydrogen) atoms. The molecule has 0 aliphatic carbocycles. The number of hydrogen-bond donors (Lipinski definition) is 2. The first kappa shape index (κ1) is 22.5. The molecule has 154 valence electrons. The maximum atomic E-state index is 12.0. The van der Waals surface area contributed by atoms with E-state index in [1.807, 2.05) is 37.3 Å². The highest BCUT2D eigenvalue weighted by Crippen LogP contribution is 2.24. The summed E-state index contributed by atoms with van der Waals surface area (Å²) >= 11 is 1.66. The van der Waals surface area contributed by atoms with Crippen LogP contribution in [0.4, 0.5) is 5.69 Å². The summed E-state index contributed by atoms with van der Waals surface area (Å²) in [6.07, 6.45) is 1.15. The largest absolute Gasteiger partial charge is 0.483 e. The van der Waals surface area contributed by atoms with Gasteiger partial charge in [0.2, 0.25) is 5.91 Å². The summed E-state index contributed by atoms with van der Waals surface area (Å²) < 4.78 is 5.53. The Kier molecular flexibility index (Phi) is 9.24. The van der Waals surface area contributed by atoms with Gasteiger partial charge in [0.05, 0.1) is 5.56 Å². The first-order valence-corrected chi connectivity index (χ1v) is 10.5. The van der Waals surface area contributed by atoms with Gasteiger partial charge in [0.25, 0.3) is 5.91 Å². The van der Waals surface area contributed by atoms with Gasteiger partial charge in [-0.05, 0) is 43.7 Å². The van der Waals surface area contributed by atoms with Gasteiger partial charge in [-0.25, -0.2) is 0 Å². The van der Waals surface area contributed by atoms with E-state index in [0.717, 1.165) is 17.1 Å². The Morgan fingerprint density at radius 3 is 2.48 bits per heavy atom. The third-order valence-electron chi connectivity index (χ3n) is 3.91. The van der Waals surface area contributed by atoms with Crippen molar-refractivity contribution in [3.8, 4) is 5.75 Å². The number of hydrogen-bond acceptors (Lipinski definition) is 5. The second kappa shape index (κ2) is 11.9. The van der Waals surface area contributed by atoms with Crippen molar-refractivity contribution in [3.05, 3.63) is 54.1 Å². The summed E-state index contributed by atoms with van der Waals surface area (Å²) in [6.45, 7) is 3.67. The van der Waals surface area contributed by atoms with Crippen LogP contribution in [0.5, 0.6) is 5.75 Å². The van der Waals surface area contributed by atoms with Gasteiger partial charge < -0.3 is 15.4 Å². The minimum atomic E-state index is -0.256. The zero-order chi connectivity index (χ0) is 21.1. The van der Waals surface area contributed by atoms with Crippen LogP contribution in [0, 0.1) is 0 Å². The van der Waals surface area contributed by atoms with Crippen molar-refractivity contribution in [1.29, 1.82) is 0 Å². The van der Waals surface area contributed by atoms with Gasteiger partial charge in [-0.1, -0.05) is 25.1 Å². The van der Waals surface area contributed by atoms with Crippen molar-refractivity contribution in [3.63, 3.8) is 0 Å². The smallest absolute Gasteiger partial charge is 0.257 e. The molecule has 0 bridgehead atoms. The zero-order valence-electron chi connectivity index (χ0n) is 16.7. The lowest BCUT2D eigenvalue weighted by atomic mass is 10.1. The number of benzene rings is 2. The number of ether oxygens (including phenoxy) is 1. The highest BCUT2D eigenvalue weighted by molar-refractivity contribution is 7.99. The Bertz CT molecular complexity index is 840. The van der Waals surface area contributed by atoms with Gasteiger partial charge in [-0.3, -0.25) is 14.4 Å². The number of amides is 2. The average molecular weight is 415 g/mol. The predicted octanol–water partition coefficient (Wildman–Crippen LogP) is 3.92. The standard InChI is InChI=1S/C22H26N2O4S/c1-3-7-21(26)24-17-10-11-20(19(14-17)16(2)25)28-15-22(27)23-12-13-29-18-8-5-4-6-9-18/h4-6,8-11,14H,3,7,12-13,15H2,1-2H3,(H,23,27)(H,24,26). The van der Waals surface area contributed by atoms with E-state index in [1.165, 1.54) is 6.92 Å². The van der Waals surface area contributed by atoms with E-state index in [9.17, 15) is 14.4 Å².